The summed E-state index contributed by atoms with van der Waals surface area (Å²) >= 11 is 0. The summed E-state index contributed by atoms with van der Waals surface area (Å²) in [5.74, 6) is -2.80. The fourth-order valence-electron chi connectivity index (χ4n) is 8.97. The lowest BCUT2D eigenvalue weighted by atomic mass is 9.90. The molecule has 0 radical (unpaired) electrons. The molecule has 5 aromatic rings. The summed E-state index contributed by atoms with van der Waals surface area (Å²) in [6, 6.07) is 16.4. The van der Waals surface area contributed by atoms with Crippen LogP contribution in [0.1, 0.15) is 75.3 Å². The minimum Gasteiger partial charge on any atom is -0.470 e. The van der Waals surface area contributed by atoms with Crippen molar-refractivity contribution in [2.24, 2.45) is 17.3 Å². The van der Waals surface area contributed by atoms with Crippen LogP contribution in [0.4, 0.5) is 17.6 Å². The monoisotopic (exact) mass is 872 g/mol. The number of ether oxygens (including phenoxy) is 1. The van der Waals surface area contributed by atoms with E-state index < -0.39 is 68.0 Å². The van der Waals surface area contributed by atoms with E-state index in [1.54, 1.807) is 36.4 Å². The SMILES string of the molecule is O=C1C[C@]2(C(=O)NS(=O)(=O)C3CC3)C[C@@H]2/C=C\CCCCC[C@H](Cc2ccc(F)cc2)C(=O)N2C[C@H](Oc3nc(-c4ccc(C(F)(F)F)cc4)nc4c3oc3ccccc34)C[C@@H]12. The van der Waals surface area contributed by atoms with Crippen molar-refractivity contribution in [1.82, 2.24) is 19.6 Å². The van der Waals surface area contributed by atoms with Crippen LogP contribution in [0.15, 0.2) is 89.4 Å². The van der Waals surface area contributed by atoms with Crippen molar-refractivity contribution in [3.63, 3.8) is 0 Å². The molecule has 0 unspecified atom stereocenters. The van der Waals surface area contributed by atoms with Crippen LogP contribution < -0.4 is 9.46 Å². The molecule has 9 rings (SSSR count). The maximum atomic E-state index is 14.9. The van der Waals surface area contributed by atoms with Crippen molar-refractivity contribution in [3.05, 3.63) is 102 Å². The average molecular weight is 873 g/mol. The largest absolute Gasteiger partial charge is 0.470 e. The van der Waals surface area contributed by atoms with Gasteiger partial charge in [0.05, 0.1) is 28.8 Å². The smallest absolute Gasteiger partial charge is 0.416 e. The van der Waals surface area contributed by atoms with E-state index in [1.165, 1.54) is 29.2 Å². The molecule has 324 valence electrons. The molecule has 4 aliphatic rings. The van der Waals surface area contributed by atoms with E-state index in [4.69, 9.17) is 9.15 Å². The molecule has 0 bridgehead atoms. The van der Waals surface area contributed by atoms with E-state index in [2.05, 4.69) is 14.7 Å². The fourth-order valence-corrected chi connectivity index (χ4v) is 10.4. The summed E-state index contributed by atoms with van der Waals surface area (Å²) in [4.78, 5) is 54.3. The summed E-state index contributed by atoms with van der Waals surface area (Å²) in [6.45, 7) is -0.0604. The lowest BCUT2D eigenvalue weighted by molar-refractivity contribution is -0.142. The van der Waals surface area contributed by atoms with Crippen molar-refractivity contribution in [2.45, 2.75) is 94.2 Å². The van der Waals surface area contributed by atoms with Crippen LogP contribution in [-0.4, -0.2) is 64.8 Å². The van der Waals surface area contributed by atoms with Crippen LogP contribution in [0.3, 0.4) is 0 Å². The Morgan fingerprint density at radius 1 is 0.952 bits per heavy atom. The third-order valence-corrected chi connectivity index (χ3v) is 14.5. The topological polar surface area (TPSA) is 149 Å². The van der Waals surface area contributed by atoms with Gasteiger partial charge in [0.15, 0.2) is 11.6 Å². The first-order valence-electron chi connectivity index (χ1n) is 21.0. The van der Waals surface area contributed by atoms with E-state index in [0.717, 1.165) is 37.0 Å². The molecule has 5 atom stereocenters. The molecule has 2 saturated carbocycles. The number of benzene rings is 3. The molecule has 2 aliphatic carbocycles. The van der Waals surface area contributed by atoms with Gasteiger partial charge in [0.25, 0.3) is 5.88 Å². The maximum Gasteiger partial charge on any atom is 0.416 e. The number of hydrogen-bond donors (Lipinski definition) is 1. The number of nitrogens with zero attached hydrogens (tertiary/aromatic N) is 3. The number of nitrogens with one attached hydrogen (secondary N) is 1. The number of carbonyl (C=O) groups excluding carboxylic acids is 3. The van der Waals surface area contributed by atoms with Gasteiger partial charge in [-0.3, -0.25) is 19.1 Å². The van der Waals surface area contributed by atoms with Crippen LogP contribution in [0.2, 0.25) is 0 Å². The number of para-hydroxylation sites is 1. The minimum atomic E-state index is -4.56. The molecule has 1 saturated heterocycles. The van der Waals surface area contributed by atoms with E-state index in [-0.39, 0.29) is 66.9 Å². The van der Waals surface area contributed by atoms with Gasteiger partial charge in [-0.15, -0.1) is 0 Å². The number of aromatic nitrogens is 2. The zero-order chi connectivity index (χ0) is 43.4. The Balaban J connectivity index is 1.07. The van der Waals surface area contributed by atoms with Crippen molar-refractivity contribution < 1.29 is 49.5 Å². The van der Waals surface area contributed by atoms with E-state index in [0.29, 0.717) is 42.2 Å². The van der Waals surface area contributed by atoms with Gasteiger partial charge in [-0.2, -0.15) is 18.2 Å². The Kier molecular flexibility index (Phi) is 10.9. The highest BCUT2D eigenvalue weighted by Gasteiger charge is 2.61. The van der Waals surface area contributed by atoms with Crippen molar-refractivity contribution in [1.29, 1.82) is 0 Å². The summed E-state index contributed by atoms with van der Waals surface area (Å²) in [5.41, 5.74) is -0.159. The van der Waals surface area contributed by atoms with Crippen molar-refractivity contribution in [3.8, 4) is 17.3 Å². The van der Waals surface area contributed by atoms with Crippen LogP contribution in [0.5, 0.6) is 5.88 Å². The van der Waals surface area contributed by atoms with E-state index in [9.17, 15) is 40.4 Å². The van der Waals surface area contributed by atoms with Gasteiger partial charge >= 0.3 is 6.18 Å². The van der Waals surface area contributed by atoms with Gasteiger partial charge in [-0.25, -0.2) is 17.8 Å². The molecule has 16 heteroatoms. The maximum absolute atomic E-state index is 14.9. The van der Waals surface area contributed by atoms with Crippen LogP contribution in [0, 0.1) is 23.1 Å². The quantitative estimate of drug-likeness (QED) is 0.120. The number of alkyl halides is 3. The second kappa shape index (κ2) is 16.2. The standard InChI is InChI=1S/C46H44F4N4O7S/c47-32-18-12-27(13-19-32)22-29-8-4-2-1-3-5-9-31-24-45(31,44(57)53-62(58,59)34-20-21-34)25-37(55)36-23-33(26-54(36)43(29)56)60-42-40-39(35-10-6-7-11-38(35)61-40)51-41(52-42)28-14-16-30(17-15-28)46(48,49)50/h5-7,9-19,29,31,33-34,36H,1-4,8,20-26H2,(H,53,57)/b9-5-/t29-,31+,33-,36+,45-/m1/s1. The number of amides is 2. The Bertz CT molecular complexity index is 2680. The third-order valence-electron chi connectivity index (χ3n) is 12.7. The van der Waals surface area contributed by atoms with Crippen molar-refractivity contribution >= 4 is 49.7 Å². The normalized spacial score (nSPS) is 25.5. The number of furan rings is 1. The molecule has 1 N–H and O–H groups in total. The number of rotatable bonds is 8. The van der Waals surface area contributed by atoms with Gasteiger partial charge < -0.3 is 14.1 Å². The number of sulfonamides is 1. The summed E-state index contributed by atoms with van der Waals surface area (Å²) in [5, 5.41) is -0.0384. The lowest BCUT2D eigenvalue weighted by Crippen LogP contribution is -2.46. The number of allylic oxidation sites excluding steroid dienone is 2. The molecule has 2 aliphatic heterocycles. The Morgan fingerprint density at radius 3 is 2.45 bits per heavy atom. The van der Waals surface area contributed by atoms with Gasteiger partial charge in [-0.05, 0) is 92.8 Å². The first-order chi connectivity index (χ1) is 29.7. The second-order valence-electron chi connectivity index (χ2n) is 17.1. The predicted octanol–water partition coefficient (Wildman–Crippen LogP) is 8.50. The fraction of sp³-hybridized carbons (Fsp3) is 0.413. The number of hydrogen-bond acceptors (Lipinski definition) is 9. The molecular weight excluding hydrogens is 829 g/mol. The van der Waals surface area contributed by atoms with Gasteiger partial charge in [0, 0.05) is 29.7 Å². The summed E-state index contributed by atoms with van der Waals surface area (Å²) in [7, 11) is -3.91. The number of halogens is 4. The predicted molar refractivity (Wildman–Crippen MR) is 220 cm³/mol. The number of carbonyl (C=O) groups is 3. The highest BCUT2D eigenvalue weighted by molar-refractivity contribution is 7.90. The van der Waals surface area contributed by atoms with E-state index in [1.807, 2.05) is 12.2 Å². The van der Waals surface area contributed by atoms with Crippen LogP contribution in [0.25, 0.3) is 33.5 Å². The molecule has 3 aromatic carbocycles. The van der Waals surface area contributed by atoms with Gasteiger partial charge in [0.1, 0.15) is 23.0 Å². The van der Waals surface area contributed by atoms with Gasteiger partial charge in [-0.1, -0.05) is 61.4 Å². The molecule has 2 amide bonds. The van der Waals surface area contributed by atoms with Crippen molar-refractivity contribution in [2.75, 3.05) is 6.54 Å². The molecule has 62 heavy (non-hydrogen) atoms. The first-order valence-corrected chi connectivity index (χ1v) is 22.6. The molecular formula is C46H44F4N4O7S. The zero-order valence-corrected chi connectivity index (χ0v) is 34.4. The number of fused-ring (bicyclic) bond motifs is 5. The molecule has 4 heterocycles. The molecule has 3 fully saturated rings. The van der Waals surface area contributed by atoms with Crippen LogP contribution >= 0.6 is 0 Å². The van der Waals surface area contributed by atoms with Gasteiger partial charge in [0.2, 0.25) is 27.4 Å². The van der Waals surface area contributed by atoms with Crippen LogP contribution in [-0.2, 0) is 37.0 Å². The second-order valence-corrected chi connectivity index (χ2v) is 19.0. The number of Topliss-reactive ketones (excluding diaryl/α,β-unsaturated/α-hetero) is 1. The average Bonchev–Trinajstić information content (AvgIpc) is 4.15. The Morgan fingerprint density at radius 2 is 1.71 bits per heavy atom. The zero-order valence-electron chi connectivity index (χ0n) is 33.6. The highest BCUT2D eigenvalue weighted by Crippen LogP contribution is 2.57. The molecule has 2 aromatic heterocycles. The minimum absolute atomic E-state index is 0.00619. The highest BCUT2D eigenvalue weighted by atomic mass is 32.2. The Hall–Kier alpha value is -5.64. The summed E-state index contributed by atoms with van der Waals surface area (Å²) in [6.07, 6.45) is 3.19. The first kappa shape index (κ1) is 41.7. The summed E-state index contributed by atoms with van der Waals surface area (Å²) < 4.78 is 95.3. The molecule has 0 spiro atoms. The number of ketones is 1. The Labute approximate surface area is 355 Å². The molecule has 11 nitrogen and oxygen atoms in total. The van der Waals surface area contributed by atoms with E-state index >= 15 is 0 Å². The third kappa shape index (κ3) is 8.45. The lowest BCUT2D eigenvalue weighted by Gasteiger charge is -2.29.